The van der Waals surface area contributed by atoms with Gasteiger partial charge in [0.15, 0.2) is 0 Å². The molecule has 4 heteroatoms. The molecule has 0 amide bonds. The fraction of sp³-hybridized carbons (Fsp3) is 0.647. The lowest BCUT2D eigenvalue weighted by molar-refractivity contribution is 0.158. The second-order valence-electron chi connectivity index (χ2n) is 6.05. The van der Waals surface area contributed by atoms with Gasteiger partial charge in [-0.15, -0.1) is 0 Å². The van der Waals surface area contributed by atoms with Crippen LogP contribution in [-0.2, 0) is 0 Å². The van der Waals surface area contributed by atoms with Crippen molar-refractivity contribution in [2.24, 2.45) is 0 Å². The first-order valence-corrected chi connectivity index (χ1v) is 8.76. The first-order chi connectivity index (χ1) is 10.1. The maximum absolute atomic E-state index is 6.26. The largest absolute Gasteiger partial charge is 0.310 e. The van der Waals surface area contributed by atoms with Crippen molar-refractivity contribution in [1.82, 2.24) is 10.2 Å². The molecule has 2 atom stereocenters. The minimum atomic E-state index is 0.231. The molecular weight excluding hydrogens is 303 g/mol. The van der Waals surface area contributed by atoms with E-state index < -0.39 is 0 Å². The van der Waals surface area contributed by atoms with Gasteiger partial charge in [0.25, 0.3) is 0 Å². The topological polar surface area (TPSA) is 15.3 Å². The maximum atomic E-state index is 6.26. The normalized spacial score (nSPS) is 21.4. The minimum Gasteiger partial charge on any atom is -0.310 e. The quantitative estimate of drug-likeness (QED) is 0.746. The fourth-order valence-electron chi connectivity index (χ4n) is 3.06. The van der Waals surface area contributed by atoms with Gasteiger partial charge in [0.1, 0.15) is 0 Å². The zero-order valence-electron chi connectivity index (χ0n) is 13.0. The Morgan fingerprint density at radius 1 is 1.33 bits per heavy atom. The van der Waals surface area contributed by atoms with E-state index in [4.69, 9.17) is 23.2 Å². The summed E-state index contributed by atoms with van der Waals surface area (Å²) in [6.07, 6.45) is 5.27. The van der Waals surface area contributed by atoms with Gasteiger partial charge >= 0.3 is 0 Å². The molecule has 0 aromatic heterocycles. The molecule has 1 heterocycles. The number of rotatable bonds is 6. The summed E-state index contributed by atoms with van der Waals surface area (Å²) >= 11 is 12.3. The van der Waals surface area contributed by atoms with Crippen LogP contribution < -0.4 is 5.32 Å². The molecule has 2 rings (SSSR count). The van der Waals surface area contributed by atoms with E-state index in [9.17, 15) is 0 Å². The van der Waals surface area contributed by atoms with Crippen molar-refractivity contribution < 1.29 is 0 Å². The second-order valence-corrected chi connectivity index (χ2v) is 6.84. The number of halogens is 2. The van der Waals surface area contributed by atoms with Crippen molar-refractivity contribution in [3.63, 3.8) is 0 Å². The highest BCUT2D eigenvalue weighted by Gasteiger charge is 2.17. The summed E-state index contributed by atoms with van der Waals surface area (Å²) in [5.74, 6) is 0. The summed E-state index contributed by atoms with van der Waals surface area (Å²) in [6, 6.07) is 6.81. The molecule has 1 aliphatic rings. The van der Waals surface area contributed by atoms with Gasteiger partial charge < -0.3 is 10.2 Å². The molecule has 0 spiro atoms. The molecule has 2 nitrogen and oxygen atoms in total. The Balaban J connectivity index is 1.74. The Morgan fingerprint density at radius 3 is 2.90 bits per heavy atom. The van der Waals surface area contributed by atoms with E-state index in [-0.39, 0.29) is 6.04 Å². The van der Waals surface area contributed by atoms with Gasteiger partial charge in [-0.3, -0.25) is 0 Å². The minimum absolute atomic E-state index is 0.231. The lowest BCUT2D eigenvalue weighted by atomic mass is 10.0. The first kappa shape index (κ1) is 17.1. The third-order valence-corrected chi connectivity index (χ3v) is 5.29. The molecule has 1 saturated heterocycles. The number of hydrogen-bond donors (Lipinski definition) is 1. The van der Waals surface area contributed by atoms with Gasteiger partial charge in [0.05, 0.1) is 10.0 Å². The molecule has 1 aliphatic heterocycles. The van der Waals surface area contributed by atoms with Crippen molar-refractivity contribution >= 4 is 23.2 Å². The lowest BCUT2D eigenvalue weighted by Gasteiger charge is -2.33. The highest BCUT2D eigenvalue weighted by atomic mass is 35.5. The molecule has 118 valence electrons. The summed E-state index contributed by atoms with van der Waals surface area (Å²) in [7, 11) is 0. The van der Waals surface area contributed by atoms with Gasteiger partial charge in [-0.1, -0.05) is 41.8 Å². The smallest absolute Gasteiger partial charge is 0.0639 e. The molecule has 21 heavy (non-hydrogen) atoms. The van der Waals surface area contributed by atoms with Crippen LogP contribution in [0.4, 0.5) is 0 Å². The standard InChI is InChI=1S/C17H26Cl2N2/c1-13-7-3-4-11-21(13)12-6-10-20-14(2)15-8-5-9-16(18)17(15)19/h5,8-9,13-14,20H,3-4,6-7,10-12H2,1-2H3. The third kappa shape index (κ3) is 4.85. The fourth-order valence-corrected chi connectivity index (χ4v) is 3.53. The average Bonchev–Trinajstić information content (AvgIpc) is 2.48. The molecule has 1 fully saturated rings. The van der Waals surface area contributed by atoms with Crippen molar-refractivity contribution in [2.45, 2.75) is 51.6 Å². The van der Waals surface area contributed by atoms with Gasteiger partial charge in [-0.05, 0) is 64.4 Å². The predicted molar refractivity (Wildman–Crippen MR) is 92.4 cm³/mol. The average molecular weight is 329 g/mol. The highest BCUT2D eigenvalue weighted by molar-refractivity contribution is 6.42. The van der Waals surface area contributed by atoms with E-state index >= 15 is 0 Å². The van der Waals surface area contributed by atoms with E-state index in [1.54, 1.807) is 0 Å². The number of hydrogen-bond acceptors (Lipinski definition) is 2. The molecule has 1 N–H and O–H groups in total. The molecule has 0 saturated carbocycles. The Bertz CT molecular complexity index is 450. The molecule has 0 bridgehead atoms. The van der Waals surface area contributed by atoms with Gasteiger partial charge in [0, 0.05) is 12.1 Å². The Hall–Kier alpha value is -0.280. The van der Waals surface area contributed by atoms with Crippen LogP contribution in [0.25, 0.3) is 0 Å². The SMILES string of the molecule is CC(NCCCN1CCCCC1C)c1cccc(Cl)c1Cl. The van der Waals surface area contributed by atoms with Crippen LogP contribution in [0.15, 0.2) is 18.2 Å². The molecule has 0 radical (unpaired) electrons. The summed E-state index contributed by atoms with van der Waals surface area (Å²) in [5, 5.41) is 4.85. The molecule has 0 aliphatic carbocycles. The van der Waals surface area contributed by atoms with Crippen molar-refractivity contribution in [2.75, 3.05) is 19.6 Å². The van der Waals surface area contributed by atoms with Crippen LogP contribution in [-0.4, -0.2) is 30.6 Å². The van der Waals surface area contributed by atoms with Crippen LogP contribution in [0.5, 0.6) is 0 Å². The number of nitrogens with zero attached hydrogens (tertiary/aromatic N) is 1. The second kappa shape index (κ2) is 8.38. The number of benzene rings is 1. The first-order valence-electron chi connectivity index (χ1n) is 8.01. The Kier molecular flexibility index (Phi) is 6.81. The lowest BCUT2D eigenvalue weighted by Crippen LogP contribution is -2.39. The van der Waals surface area contributed by atoms with Crippen LogP contribution in [0, 0.1) is 0 Å². The molecule has 2 unspecified atom stereocenters. The van der Waals surface area contributed by atoms with E-state index in [1.807, 2.05) is 18.2 Å². The summed E-state index contributed by atoms with van der Waals surface area (Å²) in [6.45, 7) is 7.94. The zero-order chi connectivity index (χ0) is 15.2. The van der Waals surface area contributed by atoms with Crippen molar-refractivity contribution in [3.8, 4) is 0 Å². The van der Waals surface area contributed by atoms with Gasteiger partial charge in [0.2, 0.25) is 0 Å². The summed E-state index contributed by atoms with van der Waals surface area (Å²) in [4.78, 5) is 2.61. The monoisotopic (exact) mass is 328 g/mol. The number of nitrogens with one attached hydrogen (secondary N) is 1. The third-order valence-electron chi connectivity index (χ3n) is 4.46. The number of piperidine rings is 1. The molecular formula is C17H26Cl2N2. The predicted octanol–water partition coefficient (Wildman–Crippen LogP) is 4.91. The number of likely N-dealkylation sites (tertiary alicyclic amines) is 1. The van der Waals surface area contributed by atoms with Crippen molar-refractivity contribution in [3.05, 3.63) is 33.8 Å². The van der Waals surface area contributed by atoms with Gasteiger partial charge in [-0.25, -0.2) is 0 Å². The molecule has 1 aromatic carbocycles. The van der Waals surface area contributed by atoms with E-state index in [1.165, 1.54) is 38.8 Å². The van der Waals surface area contributed by atoms with Gasteiger partial charge in [-0.2, -0.15) is 0 Å². The maximum Gasteiger partial charge on any atom is 0.0639 e. The van der Waals surface area contributed by atoms with E-state index in [0.29, 0.717) is 10.0 Å². The van der Waals surface area contributed by atoms with Crippen molar-refractivity contribution in [1.29, 1.82) is 0 Å². The Morgan fingerprint density at radius 2 is 2.14 bits per heavy atom. The summed E-state index contributed by atoms with van der Waals surface area (Å²) in [5.41, 5.74) is 1.08. The molecule has 1 aromatic rings. The van der Waals surface area contributed by atoms with Crippen LogP contribution >= 0.6 is 23.2 Å². The van der Waals surface area contributed by atoms with E-state index in [0.717, 1.165) is 18.2 Å². The Labute approximate surface area is 138 Å². The van der Waals surface area contributed by atoms with Crippen LogP contribution in [0.3, 0.4) is 0 Å². The van der Waals surface area contributed by atoms with Crippen LogP contribution in [0.1, 0.15) is 51.1 Å². The summed E-state index contributed by atoms with van der Waals surface area (Å²) < 4.78 is 0. The zero-order valence-corrected chi connectivity index (χ0v) is 14.6. The van der Waals surface area contributed by atoms with Crippen LogP contribution in [0.2, 0.25) is 10.0 Å². The highest BCUT2D eigenvalue weighted by Crippen LogP contribution is 2.29. The van der Waals surface area contributed by atoms with E-state index in [2.05, 4.69) is 24.1 Å².